The molecule has 63 heavy (non-hydrogen) atoms. The third-order valence-corrected chi connectivity index (χ3v) is 13.6. The molecule has 6 nitrogen and oxygen atoms in total. The highest BCUT2D eigenvalue weighted by Crippen LogP contribution is 2.19. The molecular weight excluding hydrogens is 781 g/mol. The van der Waals surface area contributed by atoms with Gasteiger partial charge in [-0.25, -0.2) is 0 Å². The topological polar surface area (TPSA) is 78.9 Å². The zero-order chi connectivity index (χ0) is 46.3. The largest absolute Gasteiger partial charge is 0.462 e. The minimum Gasteiger partial charge on any atom is -0.462 e. The van der Waals surface area contributed by atoms with E-state index in [1.807, 2.05) is 0 Å². The van der Waals surface area contributed by atoms with Crippen molar-refractivity contribution in [1.29, 1.82) is 0 Å². The van der Waals surface area contributed by atoms with Crippen molar-refractivity contribution < 1.29 is 28.6 Å². The first kappa shape index (κ1) is 61.4. The van der Waals surface area contributed by atoms with Crippen molar-refractivity contribution >= 4 is 17.9 Å². The van der Waals surface area contributed by atoms with Crippen LogP contribution in [0.2, 0.25) is 0 Å². The smallest absolute Gasteiger partial charge is 0.306 e. The van der Waals surface area contributed by atoms with Gasteiger partial charge < -0.3 is 14.2 Å². The van der Waals surface area contributed by atoms with Crippen molar-refractivity contribution in [2.75, 3.05) is 13.2 Å². The standard InChI is InChI=1S/C57H110O6/c1-7-52(5)44-38-32-26-22-17-15-13-11-9-10-12-14-16-18-23-27-34-40-46-55(58)61-49-54(50-62-56(59)47-41-35-30-29-33-39-45-53(6)8-2)63-57(60)48-42-36-28-24-20-19-21-25-31-37-43-51(3)4/h51-54H,7-50H2,1-6H3/t52?,53?,54-/m1/s1. The molecule has 0 spiro atoms. The molecule has 0 fully saturated rings. The van der Waals surface area contributed by atoms with Gasteiger partial charge in [0.1, 0.15) is 13.2 Å². The van der Waals surface area contributed by atoms with Crippen molar-refractivity contribution in [3.8, 4) is 0 Å². The highest BCUT2D eigenvalue weighted by molar-refractivity contribution is 5.71. The molecule has 3 atom stereocenters. The molecule has 0 aliphatic heterocycles. The van der Waals surface area contributed by atoms with Gasteiger partial charge in [0, 0.05) is 19.3 Å². The lowest BCUT2D eigenvalue weighted by atomic mass is 9.99. The summed E-state index contributed by atoms with van der Waals surface area (Å²) in [6.45, 7) is 13.8. The van der Waals surface area contributed by atoms with Crippen LogP contribution in [0.5, 0.6) is 0 Å². The van der Waals surface area contributed by atoms with Gasteiger partial charge in [0.25, 0.3) is 0 Å². The number of ether oxygens (including phenoxy) is 3. The van der Waals surface area contributed by atoms with Crippen LogP contribution in [0.25, 0.3) is 0 Å². The summed E-state index contributed by atoms with van der Waals surface area (Å²) in [6.07, 6.45) is 49.6. The van der Waals surface area contributed by atoms with Gasteiger partial charge in [-0.15, -0.1) is 0 Å². The first-order valence-corrected chi connectivity index (χ1v) is 28.2. The maximum absolute atomic E-state index is 12.8. The van der Waals surface area contributed by atoms with E-state index in [1.54, 1.807) is 0 Å². The van der Waals surface area contributed by atoms with Crippen LogP contribution in [0.15, 0.2) is 0 Å². The molecule has 2 unspecified atom stereocenters. The molecule has 6 heteroatoms. The molecule has 0 rings (SSSR count). The molecule has 374 valence electrons. The van der Waals surface area contributed by atoms with Crippen molar-refractivity contribution in [1.82, 2.24) is 0 Å². The number of unbranched alkanes of at least 4 members (excludes halogenated alkanes) is 31. The van der Waals surface area contributed by atoms with E-state index in [2.05, 4.69) is 41.5 Å². The Morgan fingerprint density at radius 2 is 0.556 bits per heavy atom. The van der Waals surface area contributed by atoms with Crippen molar-refractivity contribution in [2.24, 2.45) is 17.8 Å². The Hall–Kier alpha value is -1.59. The van der Waals surface area contributed by atoms with E-state index in [9.17, 15) is 14.4 Å². The van der Waals surface area contributed by atoms with Crippen LogP contribution >= 0.6 is 0 Å². The average molecular weight is 892 g/mol. The predicted octanol–water partition coefficient (Wildman–Crippen LogP) is 18.3. The summed E-state index contributed by atoms with van der Waals surface area (Å²) in [4.78, 5) is 38.0. The summed E-state index contributed by atoms with van der Waals surface area (Å²) in [5.74, 6) is 1.69. The molecule has 0 N–H and O–H groups in total. The second-order valence-electron chi connectivity index (χ2n) is 20.5. The van der Waals surface area contributed by atoms with Gasteiger partial charge in [-0.2, -0.15) is 0 Å². The molecule has 0 aromatic heterocycles. The normalized spacial score (nSPS) is 13.0. The Bertz CT molecular complexity index is 980. The van der Waals surface area contributed by atoms with Crippen molar-refractivity contribution in [2.45, 2.75) is 317 Å². The van der Waals surface area contributed by atoms with Crippen LogP contribution in [0.1, 0.15) is 311 Å². The van der Waals surface area contributed by atoms with Crippen LogP contribution in [0.3, 0.4) is 0 Å². The maximum atomic E-state index is 12.8. The number of rotatable bonds is 50. The first-order chi connectivity index (χ1) is 30.7. The second kappa shape index (κ2) is 48.3. The number of carbonyl (C=O) groups is 3. The van der Waals surface area contributed by atoms with E-state index < -0.39 is 6.10 Å². The van der Waals surface area contributed by atoms with E-state index >= 15 is 0 Å². The number of carbonyl (C=O) groups excluding carboxylic acids is 3. The Kier molecular flexibility index (Phi) is 47.1. The Balaban J connectivity index is 4.20. The lowest BCUT2D eigenvalue weighted by Crippen LogP contribution is -2.30. The van der Waals surface area contributed by atoms with Gasteiger partial charge in [-0.3, -0.25) is 14.4 Å². The molecule has 0 bridgehead atoms. The number of esters is 3. The molecule has 0 aromatic rings. The molecule has 0 aromatic carbocycles. The fourth-order valence-corrected chi connectivity index (χ4v) is 8.58. The summed E-state index contributed by atoms with van der Waals surface area (Å²) >= 11 is 0. The Labute approximate surface area is 393 Å². The molecule has 0 saturated carbocycles. The lowest BCUT2D eigenvalue weighted by molar-refractivity contribution is -0.167. The van der Waals surface area contributed by atoms with Gasteiger partial charge in [0.05, 0.1) is 0 Å². The van der Waals surface area contributed by atoms with E-state index in [0.717, 1.165) is 75.5 Å². The van der Waals surface area contributed by atoms with Gasteiger partial charge in [0.2, 0.25) is 0 Å². The minimum absolute atomic E-state index is 0.0648. The van der Waals surface area contributed by atoms with Crippen LogP contribution in [0, 0.1) is 17.8 Å². The Morgan fingerprint density at radius 1 is 0.317 bits per heavy atom. The molecule has 0 saturated heterocycles. The third kappa shape index (κ3) is 48.2. The zero-order valence-corrected chi connectivity index (χ0v) is 43.4. The monoisotopic (exact) mass is 891 g/mol. The lowest BCUT2D eigenvalue weighted by Gasteiger charge is -2.18. The number of hydrogen-bond acceptors (Lipinski definition) is 6. The van der Waals surface area contributed by atoms with E-state index in [-0.39, 0.29) is 31.1 Å². The fraction of sp³-hybridized carbons (Fsp3) is 0.947. The van der Waals surface area contributed by atoms with Crippen molar-refractivity contribution in [3.05, 3.63) is 0 Å². The van der Waals surface area contributed by atoms with E-state index in [4.69, 9.17) is 14.2 Å². The first-order valence-electron chi connectivity index (χ1n) is 28.2. The molecule has 0 amide bonds. The van der Waals surface area contributed by atoms with Crippen LogP contribution in [-0.2, 0) is 28.6 Å². The summed E-state index contributed by atoms with van der Waals surface area (Å²) in [5, 5.41) is 0. The predicted molar refractivity (Wildman–Crippen MR) is 270 cm³/mol. The summed E-state index contributed by atoms with van der Waals surface area (Å²) in [7, 11) is 0. The third-order valence-electron chi connectivity index (χ3n) is 13.6. The van der Waals surface area contributed by atoms with E-state index in [1.165, 1.54) is 193 Å². The number of hydrogen-bond donors (Lipinski definition) is 0. The van der Waals surface area contributed by atoms with Crippen LogP contribution in [-0.4, -0.2) is 37.2 Å². The zero-order valence-electron chi connectivity index (χ0n) is 43.4. The summed E-state index contributed by atoms with van der Waals surface area (Å²) in [6, 6.07) is 0. The highest BCUT2D eigenvalue weighted by atomic mass is 16.6. The van der Waals surface area contributed by atoms with Gasteiger partial charge in [-0.05, 0) is 37.0 Å². The molecule has 0 heterocycles. The summed E-state index contributed by atoms with van der Waals surface area (Å²) in [5.41, 5.74) is 0. The van der Waals surface area contributed by atoms with Crippen LogP contribution in [0.4, 0.5) is 0 Å². The maximum Gasteiger partial charge on any atom is 0.306 e. The molecule has 0 aliphatic rings. The molecule has 0 aliphatic carbocycles. The van der Waals surface area contributed by atoms with E-state index in [0.29, 0.717) is 19.3 Å². The average Bonchev–Trinajstić information content (AvgIpc) is 3.27. The Morgan fingerprint density at radius 3 is 0.825 bits per heavy atom. The second-order valence-corrected chi connectivity index (χ2v) is 20.5. The van der Waals surface area contributed by atoms with Gasteiger partial charge in [0.15, 0.2) is 6.10 Å². The highest BCUT2D eigenvalue weighted by Gasteiger charge is 2.19. The van der Waals surface area contributed by atoms with Gasteiger partial charge in [-0.1, -0.05) is 273 Å². The van der Waals surface area contributed by atoms with Crippen molar-refractivity contribution in [3.63, 3.8) is 0 Å². The van der Waals surface area contributed by atoms with Crippen LogP contribution < -0.4 is 0 Å². The fourth-order valence-electron chi connectivity index (χ4n) is 8.58. The minimum atomic E-state index is -0.764. The molecular formula is C57H110O6. The van der Waals surface area contributed by atoms with Gasteiger partial charge >= 0.3 is 17.9 Å². The quantitative estimate of drug-likeness (QED) is 0.0344. The summed E-state index contributed by atoms with van der Waals surface area (Å²) < 4.78 is 16.8. The SMILES string of the molecule is CCC(C)CCCCCCCCCCCCCCCCCCCCC(=O)OC[C@H](COC(=O)CCCCCCCCC(C)CC)OC(=O)CCCCCCCCCCCCC(C)C. The molecule has 0 radical (unpaired) electrons.